The van der Waals surface area contributed by atoms with Crippen LogP contribution < -0.4 is 15.2 Å². The van der Waals surface area contributed by atoms with E-state index < -0.39 is 15.9 Å². The van der Waals surface area contributed by atoms with Crippen LogP contribution in [-0.2, 0) is 10.0 Å². The molecule has 8 heteroatoms. The van der Waals surface area contributed by atoms with Crippen molar-refractivity contribution in [2.45, 2.75) is 4.90 Å². The molecule has 0 saturated carbocycles. The highest BCUT2D eigenvalue weighted by atomic mass is 35.5. The van der Waals surface area contributed by atoms with Crippen LogP contribution in [0.3, 0.4) is 0 Å². The van der Waals surface area contributed by atoms with E-state index in [1.165, 1.54) is 19.2 Å². The van der Waals surface area contributed by atoms with Crippen molar-refractivity contribution in [2.24, 2.45) is 5.73 Å². The van der Waals surface area contributed by atoms with E-state index in [9.17, 15) is 13.2 Å². The van der Waals surface area contributed by atoms with E-state index in [1.807, 2.05) is 0 Å². The van der Waals surface area contributed by atoms with Crippen LogP contribution in [0.5, 0.6) is 5.75 Å². The van der Waals surface area contributed by atoms with Gasteiger partial charge < -0.3 is 10.5 Å². The summed E-state index contributed by atoms with van der Waals surface area (Å²) in [5.74, 6) is -0.580. The topological polar surface area (TPSA) is 98.5 Å². The van der Waals surface area contributed by atoms with Crippen LogP contribution in [0, 0.1) is 0 Å². The third-order valence-electron chi connectivity index (χ3n) is 2.20. The van der Waals surface area contributed by atoms with Gasteiger partial charge in [0.05, 0.1) is 17.6 Å². The van der Waals surface area contributed by atoms with Crippen molar-refractivity contribution in [2.75, 3.05) is 13.7 Å². The van der Waals surface area contributed by atoms with Gasteiger partial charge in [-0.15, -0.1) is 0 Å². The van der Waals surface area contributed by atoms with E-state index in [2.05, 4.69) is 11.3 Å². The van der Waals surface area contributed by atoms with E-state index in [4.69, 9.17) is 22.1 Å². The van der Waals surface area contributed by atoms with E-state index >= 15 is 0 Å². The molecule has 104 valence electrons. The highest BCUT2D eigenvalue weighted by Gasteiger charge is 2.18. The first-order valence-corrected chi connectivity index (χ1v) is 6.95. The molecular formula is C11H13ClN2O4S. The monoisotopic (exact) mass is 304 g/mol. The van der Waals surface area contributed by atoms with Gasteiger partial charge in [0.2, 0.25) is 10.0 Å². The van der Waals surface area contributed by atoms with Crippen LogP contribution in [0.4, 0.5) is 0 Å². The fourth-order valence-electron chi connectivity index (χ4n) is 1.30. The molecule has 0 aromatic heterocycles. The lowest BCUT2D eigenvalue weighted by Gasteiger charge is -2.09. The van der Waals surface area contributed by atoms with Crippen LogP contribution in [0.25, 0.3) is 0 Å². The second-order valence-corrected chi connectivity index (χ2v) is 5.87. The molecule has 3 N–H and O–H groups in total. The summed E-state index contributed by atoms with van der Waals surface area (Å²) >= 11 is 5.49. The summed E-state index contributed by atoms with van der Waals surface area (Å²) in [6.45, 7) is 3.26. The summed E-state index contributed by atoms with van der Waals surface area (Å²) in [7, 11) is -2.44. The second-order valence-electron chi connectivity index (χ2n) is 3.57. The van der Waals surface area contributed by atoms with Gasteiger partial charge in [-0.2, -0.15) is 0 Å². The molecule has 0 spiro atoms. The number of amides is 1. The first kappa shape index (κ1) is 15.5. The van der Waals surface area contributed by atoms with Gasteiger partial charge in [-0.25, -0.2) is 13.1 Å². The average molecular weight is 305 g/mol. The number of methoxy groups -OCH3 is 1. The van der Waals surface area contributed by atoms with Gasteiger partial charge in [-0.3, -0.25) is 4.79 Å². The van der Waals surface area contributed by atoms with Gasteiger partial charge >= 0.3 is 0 Å². The molecule has 0 fully saturated rings. The highest BCUT2D eigenvalue weighted by Crippen LogP contribution is 2.22. The fourth-order valence-corrected chi connectivity index (χ4v) is 2.50. The Kier molecular flexibility index (Phi) is 4.93. The smallest absolute Gasteiger partial charge is 0.252 e. The predicted octanol–water partition coefficient (Wildman–Crippen LogP) is 0.825. The molecule has 0 saturated heterocycles. The molecule has 0 atom stereocenters. The molecule has 1 rings (SSSR count). The van der Waals surface area contributed by atoms with Crippen molar-refractivity contribution in [1.29, 1.82) is 0 Å². The zero-order chi connectivity index (χ0) is 14.6. The Hall–Kier alpha value is -1.57. The average Bonchev–Trinajstić information content (AvgIpc) is 2.35. The summed E-state index contributed by atoms with van der Waals surface area (Å²) in [4.78, 5) is 11.1. The molecule has 1 aromatic rings. The minimum atomic E-state index is -3.79. The molecule has 19 heavy (non-hydrogen) atoms. The molecule has 0 heterocycles. The standard InChI is InChI=1S/C11H13ClN2O4S/c1-7(12)6-14-19(16,17)8-3-4-10(18-2)9(5-8)11(13)15/h3-5,14H,1,6H2,2H3,(H2,13,15). The number of ether oxygens (including phenoxy) is 1. The zero-order valence-electron chi connectivity index (χ0n) is 10.1. The number of primary amides is 1. The number of benzene rings is 1. The van der Waals surface area contributed by atoms with Crippen LogP contribution in [-0.4, -0.2) is 28.0 Å². The number of nitrogens with one attached hydrogen (secondary N) is 1. The lowest BCUT2D eigenvalue weighted by molar-refractivity contribution is 0.0997. The van der Waals surface area contributed by atoms with E-state index in [0.717, 1.165) is 6.07 Å². The first-order chi connectivity index (χ1) is 8.77. The van der Waals surface area contributed by atoms with Gasteiger partial charge in [0.25, 0.3) is 5.91 Å². The number of halogens is 1. The van der Waals surface area contributed by atoms with E-state index in [-0.39, 0.29) is 27.8 Å². The largest absolute Gasteiger partial charge is 0.496 e. The molecule has 0 aliphatic rings. The van der Waals surface area contributed by atoms with Crippen LogP contribution in [0.1, 0.15) is 10.4 Å². The highest BCUT2D eigenvalue weighted by molar-refractivity contribution is 7.89. The normalized spacial score (nSPS) is 11.1. The van der Waals surface area contributed by atoms with Crippen molar-refractivity contribution in [3.05, 3.63) is 35.4 Å². The Morgan fingerprint density at radius 3 is 2.63 bits per heavy atom. The van der Waals surface area contributed by atoms with Gasteiger partial charge in [0, 0.05) is 11.6 Å². The van der Waals surface area contributed by atoms with Gasteiger partial charge in [-0.05, 0) is 18.2 Å². The van der Waals surface area contributed by atoms with Crippen LogP contribution in [0.15, 0.2) is 34.7 Å². The summed E-state index contributed by atoms with van der Waals surface area (Å²) in [5, 5.41) is 0.146. The van der Waals surface area contributed by atoms with Gasteiger partial charge in [0.15, 0.2) is 0 Å². The van der Waals surface area contributed by atoms with Crippen molar-refractivity contribution in [3.8, 4) is 5.75 Å². The molecule has 6 nitrogen and oxygen atoms in total. The van der Waals surface area contributed by atoms with Crippen molar-refractivity contribution >= 4 is 27.5 Å². The zero-order valence-corrected chi connectivity index (χ0v) is 11.7. The summed E-state index contributed by atoms with van der Waals surface area (Å²) < 4.78 is 31.0. The number of sulfonamides is 1. The summed E-state index contributed by atoms with van der Waals surface area (Å²) in [6, 6.07) is 3.79. The number of rotatable bonds is 6. The molecule has 0 radical (unpaired) electrons. The maximum atomic E-state index is 11.9. The van der Waals surface area contributed by atoms with Gasteiger partial charge in [-0.1, -0.05) is 18.2 Å². The Bertz CT molecular complexity index is 613. The number of carbonyl (C=O) groups is 1. The lowest BCUT2D eigenvalue weighted by atomic mass is 10.2. The molecule has 0 aliphatic carbocycles. The van der Waals surface area contributed by atoms with Crippen LogP contribution >= 0.6 is 11.6 Å². The molecule has 1 aromatic carbocycles. The number of carbonyl (C=O) groups excluding carboxylic acids is 1. The minimum absolute atomic E-state index is 0.0184. The van der Waals surface area contributed by atoms with Crippen molar-refractivity contribution in [3.63, 3.8) is 0 Å². The maximum absolute atomic E-state index is 11.9. The van der Waals surface area contributed by atoms with Gasteiger partial charge in [0.1, 0.15) is 5.75 Å². The Labute approximate surface area is 116 Å². The summed E-state index contributed by atoms with van der Waals surface area (Å²) in [5.41, 5.74) is 5.14. The fraction of sp³-hybridized carbons (Fsp3) is 0.182. The van der Waals surface area contributed by atoms with Crippen LogP contribution in [0.2, 0.25) is 0 Å². The molecule has 1 amide bonds. The maximum Gasteiger partial charge on any atom is 0.252 e. The number of nitrogens with two attached hydrogens (primary N) is 1. The van der Waals surface area contributed by atoms with Crippen molar-refractivity contribution in [1.82, 2.24) is 4.72 Å². The predicted molar refractivity (Wildman–Crippen MR) is 71.7 cm³/mol. The van der Waals surface area contributed by atoms with Crippen molar-refractivity contribution < 1.29 is 17.9 Å². The quantitative estimate of drug-likeness (QED) is 0.813. The number of hydrogen-bond acceptors (Lipinski definition) is 4. The molecule has 0 unspecified atom stereocenters. The Balaban J connectivity index is 3.18. The first-order valence-electron chi connectivity index (χ1n) is 5.08. The third-order valence-corrected chi connectivity index (χ3v) is 3.73. The van der Waals surface area contributed by atoms with E-state index in [0.29, 0.717) is 0 Å². The SMILES string of the molecule is C=C(Cl)CNS(=O)(=O)c1ccc(OC)c(C(N)=O)c1. The molecule has 0 bridgehead atoms. The minimum Gasteiger partial charge on any atom is -0.496 e. The molecular weight excluding hydrogens is 292 g/mol. The molecule has 0 aliphatic heterocycles. The Morgan fingerprint density at radius 1 is 1.53 bits per heavy atom. The second kappa shape index (κ2) is 6.05. The lowest BCUT2D eigenvalue weighted by Crippen LogP contribution is -2.25. The third kappa shape index (κ3) is 3.95. The summed E-state index contributed by atoms with van der Waals surface area (Å²) in [6.07, 6.45) is 0. The number of hydrogen-bond donors (Lipinski definition) is 2. The Morgan fingerprint density at radius 2 is 2.16 bits per heavy atom. The van der Waals surface area contributed by atoms with E-state index in [1.54, 1.807) is 0 Å².